The van der Waals surface area contributed by atoms with Crippen LogP contribution >= 0.6 is 11.8 Å². The number of aliphatic imine (C=N–C) groups is 1. The SMILES string of the molecule is CSc1ccc(C(=O)COC(=O)CCN=C2NS(=O)(=O)c3ccccc32)cc1. The standard InChI is InChI=1S/C19H18N2O5S2/c1-27-14-8-6-13(7-9-14)16(22)12-26-18(23)10-11-20-19-15-4-2-3-5-17(15)28(24,25)21-19/h2-9H,10-12H2,1H3,(H,20,21). The summed E-state index contributed by atoms with van der Waals surface area (Å²) in [5.41, 5.74) is 0.947. The maximum absolute atomic E-state index is 12.1. The number of fused-ring (bicyclic) bond motifs is 1. The van der Waals surface area contributed by atoms with E-state index in [0.29, 0.717) is 11.1 Å². The van der Waals surface area contributed by atoms with Gasteiger partial charge in [-0.2, -0.15) is 0 Å². The molecule has 0 radical (unpaired) electrons. The van der Waals surface area contributed by atoms with Crippen LogP contribution in [0.2, 0.25) is 0 Å². The number of sulfonamides is 1. The van der Waals surface area contributed by atoms with Crippen LogP contribution in [0.25, 0.3) is 0 Å². The van der Waals surface area contributed by atoms with Crippen LogP contribution in [0.1, 0.15) is 22.3 Å². The zero-order chi connectivity index (χ0) is 20.1. The molecule has 2 aromatic carbocycles. The van der Waals surface area contributed by atoms with E-state index in [1.165, 1.54) is 6.07 Å². The van der Waals surface area contributed by atoms with E-state index in [0.717, 1.165) is 4.90 Å². The fourth-order valence-electron chi connectivity index (χ4n) is 2.59. The summed E-state index contributed by atoms with van der Waals surface area (Å²) in [6.07, 6.45) is 1.88. The van der Waals surface area contributed by atoms with Crippen molar-refractivity contribution in [2.45, 2.75) is 16.2 Å². The van der Waals surface area contributed by atoms with Gasteiger partial charge < -0.3 is 4.74 Å². The Balaban J connectivity index is 1.51. The molecule has 146 valence electrons. The summed E-state index contributed by atoms with van der Waals surface area (Å²) in [5, 5.41) is 0. The summed E-state index contributed by atoms with van der Waals surface area (Å²) in [7, 11) is -3.61. The quantitative estimate of drug-likeness (QED) is 0.420. The summed E-state index contributed by atoms with van der Waals surface area (Å²) in [5.74, 6) is -0.661. The first kappa shape index (κ1) is 20.1. The maximum Gasteiger partial charge on any atom is 0.308 e. The van der Waals surface area contributed by atoms with Crippen LogP contribution < -0.4 is 4.72 Å². The highest BCUT2D eigenvalue weighted by molar-refractivity contribution is 7.98. The smallest absolute Gasteiger partial charge is 0.308 e. The lowest BCUT2D eigenvalue weighted by Crippen LogP contribution is -2.22. The van der Waals surface area contributed by atoms with E-state index < -0.39 is 16.0 Å². The number of Topliss-reactive ketones (excluding diaryl/α,β-unsaturated/α-hetero) is 1. The van der Waals surface area contributed by atoms with Crippen molar-refractivity contribution in [3.8, 4) is 0 Å². The molecule has 1 N–H and O–H groups in total. The Kier molecular flexibility index (Phi) is 6.15. The molecule has 0 amide bonds. The van der Waals surface area contributed by atoms with Gasteiger partial charge >= 0.3 is 5.97 Å². The molecule has 0 aliphatic carbocycles. The van der Waals surface area contributed by atoms with Crippen LogP contribution in [0.4, 0.5) is 0 Å². The molecule has 1 aliphatic heterocycles. The van der Waals surface area contributed by atoms with E-state index >= 15 is 0 Å². The van der Waals surface area contributed by atoms with E-state index in [4.69, 9.17) is 4.74 Å². The van der Waals surface area contributed by atoms with E-state index in [1.54, 1.807) is 42.1 Å². The first-order valence-corrected chi connectivity index (χ1v) is 11.1. The van der Waals surface area contributed by atoms with Gasteiger partial charge in [0.15, 0.2) is 12.4 Å². The molecule has 0 bridgehead atoms. The molecule has 0 saturated carbocycles. The lowest BCUT2D eigenvalue weighted by molar-refractivity contribution is -0.142. The van der Waals surface area contributed by atoms with Crippen molar-refractivity contribution in [2.75, 3.05) is 19.4 Å². The van der Waals surface area contributed by atoms with Gasteiger partial charge in [0.1, 0.15) is 5.84 Å². The van der Waals surface area contributed by atoms with Crippen molar-refractivity contribution >= 4 is 39.4 Å². The van der Waals surface area contributed by atoms with Gasteiger partial charge in [-0.05, 0) is 30.5 Å². The number of ketones is 1. The van der Waals surface area contributed by atoms with Crippen molar-refractivity contribution in [3.63, 3.8) is 0 Å². The first-order valence-electron chi connectivity index (χ1n) is 8.40. The van der Waals surface area contributed by atoms with E-state index in [2.05, 4.69) is 9.71 Å². The second-order valence-electron chi connectivity index (χ2n) is 5.89. The Morgan fingerprint density at radius 3 is 2.54 bits per heavy atom. The summed E-state index contributed by atoms with van der Waals surface area (Å²) in [4.78, 5) is 29.2. The van der Waals surface area contributed by atoms with Gasteiger partial charge in [-0.25, -0.2) is 8.42 Å². The number of hydrogen-bond donors (Lipinski definition) is 1. The Bertz CT molecular complexity index is 1030. The number of esters is 1. The zero-order valence-corrected chi connectivity index (χ0v) is 16.7. The number of benzene rings is 2. The molecule has 0 unspecified atom stereocenters. The lowest BCUT2D eigenvalue weighted by atomic mass is 10.1. The third kappa shape index (κ3) is 4.60. The van der Waals surface area contributed by atoms with Crippen LogP contribution in [-0.4, -0.2) is 45.4 Å². The molecular weight excluding hydrogens is 400 g/mol. The van der Waals surface area contributed by atoms with Gasteiger partial charge in [0, 0.05) is 16.0 Å². The molecule has 1 aliphatic rings. The second-order valence-corrected chi connectivity index (χ2v) is 8.42. The largest absolute Gasteiger partial charge is 0.457 e. The number of hydrogen-bond acceptors (Lipinski definition) is 7. The highest BCUT2D eigenvalue weighted by atomic mass is 32.2. The second kappa shape index (κ2) is 8.57. The molecule has 7 nitrogen and oxygen atoms in total. The van der Waals surface area contributed by atoms with Crippen molar-refractivity contribution in [2.24, 2.45) is 4.99 Å². The van der Waals surface area contributed by atoms with Crippen LogP contribution in [0.15, 0.2) is 63.3 Å². The van der Waals surface area contributed by atoms with Crippen LogP contribution in [0, 0.1) is 0 Å². The number of rotatable bonds is 7. The molecule has 0 spiro atoms. The Morgan fingerprint density at radius 2 is 1.82 bits per heavy atom. The summed E-state index contributed by atoms with van der Waals surface area (Å²) in [6, 6.07) is 13.5. The minimum Gasteiger partial charge on any atom is -0.457 e. The predicted octanol–water partition coefficient (Wildman–Crippen LogP) is 2.26. The minimum atomic E-state index is -3.61. The highest BCUT2D eigenvalue weighted by Crippen LogP contribution is 2.22. The molecular formula is C19H18N2O5S2. The number of nitrogens with one attached hydrogen (secondary N) is 1. The van der Waals surface area contributed by atoms with Gasteiger partial charge in [0.2, 0.25) is 0 Å². The number of amidine groups is 1. The Hall–Kier alpha value is -2.65. The molecule has 9 heteroatoms. The first-order chi connectivity index (χ1) is 13.4. The average Bonchev–Trinajstić information content (AvgIpc) is 2.97. The molecule has 2 aromatic rings. The maximum atomic E-state index is 12.1. The number of thioether (sulfide) groups is 1. The number of carbonyl (C=O) groups excluding carboxylic acids is 2. The van der Waals surface area contributed by atoms with Gasteiger partial charge in [-0.15, -0.1) is 11.8 Å². The fourth-order valence-corrected chi connectivity index (χ4v) is 4.25. The summed E-state index contributed by atoms with van der Waals surface area (Å²) in [6.45, 7) is -0.300. The van der Waals surface area contributed by atoms with E-state index in [9.17, 15) is 18.0 Å². The zero-order valence-electron chi connectivity index (χ0n) is 15.0. The Morgan fingerprint density at radius 1 is 1.11 bits per heavy atom. The molecule has 0 aromatic heterocycles. The summed E-state index contributed by atoms with van der Waals surface area (Å²) >= 11 is 1.57. The van der Waals surface area contributed by atoms with Gasteiger partial charge in [-0.1, -0.05) is 24.3 Å². The summed E-state index contributed by atoms with van der Waals surface area (Å²) < 4.78 is 31.3. The lowest BCUT2D eigenvalue weighted by Gasteiger charge is -2.04. The van der Waals surface area contributed by atoms with Gasteiger partial charge in [-0.3, -0.25) is 19.3 Å². The van der Waals surface area contributed by atoms with E-state index in [-0.39, 0.29) is 36.1 Å². The monoisotopic (exact) mass is 418 g/mol. The number of nitrogens with zero attached hydrogens (tertiary/aromatic N) is 1. The molecule has 28 heavy (non-hydrogen) atoms. The predicted molar refractivity (Wildman–Crippen MR) is 106 cm³/mol. The van der Waals surface area contributed by atoms with Crippen molar-refractivity contribution in [1.29, 1.82) is 0 Å². The average molecular weight is 418 g/mol. The molecule has 0 fully saturated rings. The normalized spacial score (nSPS) is 15.7. The van der Waals surface area contributed by atoms with Crippen molar-refractivity contribution < 1.29 is 22.7 Å². The van der Waals surface area contributed by atoms with Crippen LogP contribution in [-0.2, 0) is 19.6 Å². The van der Waals surface area contributed by atoms with Crippen molar-refractivity contribution in [3.05, 3.63) is 59.7 Å². The molecule has 1 heterocycles. The minimum absolute atomic E-state index is 0.0433. The fraction of sp³-hybridized carbons (Fsp3) is 0.211. The van der Waals surface area contributed by atoms with Gasteiger partial charge in [0.25, 0.3) is 10.0 Å². The Labute approximate surface area is 167 Å². The molecule has 0 saturated heterocycles. The highest BCUT2D eigenvalue weighted by Gasteiger charge is 2.29. The number of ether oxygens (including phenoxy) is 1. The van der Waals surface area contributed by atoms with E-state index in [1.807, 2.05) is 18.4 Å². The third-order valence-electron chi connectivity index (χ3n) is 4.02. The van der Waals surface area contributed by atoms with Crippen LogP contribution in [0.3, 0.4) is 0 Å². The third-order valence-corrected chi connectivity index (χ3v) is 6.17. The van der Waals surface area contributed by atoms with Crippen LogP contribution in [0.5, 0.6) is 0 Å². The van der Waals surface area contributed by atoms with Crippen molar-refractivity contribution in [1.82, 2.24) is 4.72 Å². The molecule has 0 atom stereocenters. The molecule has 3 rings (SSSR count). The van der Waals surface area contributed by atoms with Gasteiger partial charge in [0.05, 0.1) is 17.9 Å². The number of carbonyl (C=O) groups is 2. The topological polar surface area (TPSA) is 102 Å².